The van der Waals surface area contributed by atoms with Crippen LogP contribution in [0.25, 0.3) is 0 Å². The van der Waals surface area contributed by atoms with Crippen LogP contribution in [-0.4, -0.2) is 12.9 Å². The molecule has 2 rings (SSSR count). The van der Waals surface area contributed by atoms with E-state index in [0.717, 1.165) is 11.3 Å². The molecule has 0 aliphatic carbocycles. The maximum atomic E-state index is 11.6. The van der Waals surface area contributed by atoms with Gasteiger partial charge in [-0.1, -0.05) is 26.0 Å². The van der Waals surface area contributed by atoms with Crippen molar-refractivity contribution in [1.29, 1.82) is 0 Å². The Morgan fingerprint density at radius 1 is 1.21 bits per heavy atom. The average Bonchev–Trinajstić information content (AvgIpc) is 2.17. The predicted octanol–water partition coefficient (Wildman–Crippen LogP) is 1.74. The van der Waals surface area contributed by atoms with Crippen LogP contribution in [0.3, 0.4) is 0 Å². The summed E-state index contributed by atoms with van der Waals surface area (Å²) in [6, 6.07) is 7.56. The Labute approximate surface area is 84.0 Å². The van der Waals surface area contributed by atoms with Crippen LogP contribution < -0.4 is 10.5 Å². The zero-order chi connectivity index (χ0) is 10.1. The standard InChI is InChI=1S/C10H13BN2O/c1-7(2)11-12-9-6-4-3-5-8(9)10(14)13-11/h3-7,12H,1-2H3,(H,13,14). The summed E-state index contributed by atoms with van der Waals surface area (Å²) in [6.45, 7) is 4.19. The first-order valence-electron chi connectivity index (χ1n) is 4.85. The molecule has 1 aliphatic rings. The lowest BCUT2D eigenvalue weighted by Gasteiger charge is -2.26. The second kappa shape index (κ2) is 3.37. The van der Waals surface area contributed by atoms with E-state index in [1.165, 1.54) is 0 Å². The van der Waals surface area contributed by atoms with Crippen LogP contribution in [0.5, 0.6) is 0 Å². The van der Waals surface area contributed by atoms with Crippen molar-refractivity contribution < 1.29 is 4.79 Å². The number of hydrogen-bond donors (Lipinski definition) is 2. The summed E-state index contributed by atoms with van der Waals surface area (Å²) in [4.78, 5) is 11.6. The third-order valence-electron chi connectivity index (χ3n) is 2.44. The van der Waals surface area contributed by atoms with E-state index in [4.69, 9.17) is 0 Å². The number of para-hydroxylation sites is 1. The summed E-state index contributed by atoms with van der Waals surface area (Å²) in [5.74, 6) is 0.394. The summed E-state index contributed by atoms with van der Waals surface area (Å²) in [5.41, 5.74) is 1.65. The van der Waals surface area contributed by atoms with E-state index in [1.807, 2.05) is 24.3 Å². The van der Waals surface area contributed by atoms with E-state index in [0.29, 0.717) is 5.82 Å². The lowest BCUT2D eigenvalue weighted by atomic mass is 9.62. The highest BCUT2D eigenvalue weighted by molar-refractivity contribution is 6.65. The number of carbonyl (C=O) groups excluding carboxylic acids is 1. The smallest absolute Gasteiger partial charge is 0.375 e. The Balaban J connectivity index is 2.33. The summed E-state index contributed by atoms with van der Waals surface area (Å²) in [7, 11) is 0. The number of rotatable bonds is 1. The van der Waals surface area contributed by atoms with Gasteiger partial charge in [0.1, 0.15) is 0 Å². The highest BCUT2D eigenvalue weighted by Crippen LogP contribution is 2.21. The van der Waals surface area contributed by atoms with Crippen LogP contribution in [0.15, 0.2) is 24.3 Å². The molecule has 3 nitrogen and oxygen atoms in total. The summed E-state index contributed by atoms with van der Waals surface area (Å²) in [5, 5.41) is 6.22. The van der Waals surface area contributed by atoms with Crippen molar-refractivity contribution in [3.8, 4) is 0 Å². The Kier molecular flexibility index (Phi) is 2.19. The lowest BCUT2D eigenvalue weighted by Crippen LogP contribution is -2.51. The molecule has 0 fully saturated rings. The summed E-state index contributed by atoms with van der Waals surface area (Å²) in [6.07, 6.45) is 0. The first-order valence-corrected chi connectivity index (χ1v) is 4.85. The normalized spacial score (nSPS) is 14.8. The van der Waals surface area contributed by atoms with Gasteiger partial charge in [-0.05, 0) is 17.9 Å². The molecule has 1 amide bonds. The molecular formula is C10H13BN2O. The predicted molar refractivity (Wildman–Crippen MR) is 58.4 cm³/mol. The molecule has 2 N–H and O–H groups in total. The van der Waals surface area contributed by atoms with E-state index >= 15 is 0 Å². The molecule has 0 spiro atoms. The lowest BCUT2D eigenvalue weighted by molar-refractivity contribution is 0.0978. The molecule has 0 atom stereocenters. The minimum atomic E-state index is 0.0121. The summed E-state index contributed by atoms with van der Waals surface area (Å²) >= 11 is 0. The number of hydrogen-bond acceptors (Lipinski definition) is 2. The molecule has 1 aliphatic heterocycles. The molecule has 72 valence electrons. The van der Waals surface area contributed by atoms with Crippen LogP contribution >= 0.6 is 0 Å². The van der Waals surface area contributed by atoms with Crippen molar-refractivity contribution in [3.63, 3.8) is 0 Å². The van der Waals surface area contributed by atoms with Crippen molar-refractivity contribution in [3.05, 3.63) is 29.8 Å². The number of amides is 1. The molecule has 0 bridgehead atoms. The second-order valence-electron chi connectivity index (χ2n) is 3.89. The Hall–Kier alpha value is -1.45. The van der Waals surface area contributed by atoms with E-state index in [-0.39, 0.29) is 12.9 Å². The number of fused-ring (bicyclic) bond motifs is 1. The van der Waals surface area contributed by atoms with Gasteiger partial charge in [-0.15, -0.1) is 0 Å². The third-order valence-corrected chi connectivity index (χ3v) is 2.44. The quantitative estimate of drug-likeness (QED) is 0.659. The Morgan fingerprint density at radius 2 is 1.93 bits per heavy atom. The summed E-state index contributed by atoms with van der Waals surface area (Å²) < 4.78 is 0. The van der Waals surface area contributed by atoms with Gasteiger partial charge < -0.3 is 10.5 Å². The SMILES string of the molecule is CC(C)B1NC(=O)c2ccccc2N1. The first kappa shape index (κ1) is 9.12. The fraction of sp³-hybridized carbons (Fsp3) is 0.300. The molecule has 14 heavy (non-hydrogen) atoms. The molecule has 0 aromatic heterocycles. The molecule has 4 heteroatoms. The minimum Gasteiger partial charge on any atom is -0.409 e. The highest BCUT2D eigenvalue weighted by Gasteiger charge is 2.29. The Bertz CT molecular complexity index is 365. The van der Waals surface area contributed by atoms with Gasteiger partial charge in [-0.25, -0.2) is 0 Å². The maximum Gasteiger partial charge on any atom is 0.375 e. The number of benzene rings is 1. The molecule has 0 unspecified atom stereocenters. The van der Waals surface area contributed by atoms with Crippen molar-refractivity contribution in [2.75, 3.05) is 5.23 Å². The number of nitrogens with one attached hydrogen (secondary N) is 2. The average molecular weight is 188 g/mol. The van der Waals surface area contributed by atoms with Gasteiger partial charge >= 0.3 is 6.98 Å². The van der Waals surface area contributed by atoms with Gasteiger partial charge in [0, 0.05) is 5.69 Å². The van der Waals surface area contributed by atoms with Crippen molar-refractivity contribution in [1.82, 2.24) is 5.23 Å². The third kappa shape index (κ3) is 1.48. The van der Waals surface area contributed by atoms with E-state index in [2.05, 4.69) is 24.3 Å². The zero-order valence-corrected chi connectivity index (χ0v) is 8.37. The number of anilines is 1. The Morgan fingerprint density at radius 3 is 2.64 bits per heavy atom. The highest BCUT2D eigenvalue weighted by atomic mass is 16.1. The molecule has 0 saturated heterocycles. The zero-order valence-electron chi connectivity index (χ0n) is 8.37. The molecule has 1 aromatic carbocycles. The van der Waals surface area contributed by atoms with E-state index in [1.54, 1.807) is 0 Å². The van der Waals surface area contributed by atoms with Crippen LogP contribution in [0.2, 0.25) is 5.82 Å². The van der Waals surface area contributed by atoms with Crippen LogP contribution in [-0.2, 0) is 0 Å². The van der Waals surface area contributed by atoms with Gasteiger partial charge in [-0.3, -0.25) is 4.79 Å². The van der Waals surface area contributed by atoms with Gasteiger partial charge in [0.2, 0.25) is 5.91 Å². The molecule has 1 aromatic rings. The molecule has 0 radical (unpaired) electrons. The molecule has 1 heterocycles. The van der Waals surface area contributed by atoms with Crippen LogP contribution in [0.4, 0.5) is 5.69 Å². The van der Waals surface area contributed by atoms with Gasteiger partial charge in [0.15, 0.2) is 0 Å². The van der Waals surface area contributed by atoms with E-state index < -0.39 is 0 Å². The van der Waals surface area contributed by atoms with Crippen LogP contribution in [0, 0.1) is 0 Å². The monoisotopic (exact) mass is 188 g/mol. The first-order chi connectivity index (χ1) is 6.68. The van der Waals surface area contributed by atoms with Gasteiger partial charge in [0.25, 0.3) is 0 Å². The van der Waals surface area contributed by atoms with Gasteiger partial charge in [0.05, 0.1) is 5.56 Å². The van der Waals surface area contributed by atoms with Crippen molar-refractivity contribution in [2.24, 2.45) is 0 Å². The minimum absolute atomic E-state index is 0.0121. The van der Waals surface area contributed by atoms with E-state index in [9.17, 15) is 4.79 Å². The topological polar surface area (TPSA) is 41.1 Å². The molecular weight excluding hydrogens is 175 g/mol. The van der Waals surface area contributed by atoms with Gasteiger partial charge in [-0.2, -0.15) is 0 Å². The number of carbonyl (C=O) groups is 1. The van der Waals surface area contributed by atoms with Crippen molar-refractivity contribution >= 4 is 18.6 Å². The fourth-order valence-corrected chi connectivity index (χ4v) is 1.56. The van der Waals surface area contributed by atoms with Crippen molar-refractivity contribution in [2.45, 2.75) is 19.7 Å². The largest absolute Gasteiger partial charge is 0.409 e. The fourth-order valence-electron chi connectivity index (χ4n) is 1.56. The molecule has 0 saturated carbocycles. The van der Waals surface area contributed by atoms with Crippen LogP contribution in [0.1, 0.15) is 24.2 Å². The second-order valence-corrected chi connectivity index (χ2v) is 3.89. The maximum absolute atomic E-state index is 11.6.